The highest BCUT2D eigenvalue weighted by Gasteiger charge is 2.34. The number of benzene rings is 3. The van der Waals surface area contributed by atoms with Crippen molar-refractivity contribution in [2.24, 2.45) is 0 Å². The van der Waals surface area contributed by atoms with E-state index >= 15 is 0 Å². The van der Waals surface area contributed by atoms with Crippen LogP contribution in [0.4, 0.5) is 8.78 Å². The second-order valence-electron chi connectivity index (χ2n) is 7.86. The molecule has 3 aromatic carbocycles. The second kappa shape index (κ2) is 9.21. The molecule has 0 radical (unpaired) electrons. The van der Waals surface area contributed by atoms with Gasteiger partial charge in [0, 0.05) is 24.2 Å². The van der Waals surface area contributed by atoms with E-state index < -0.39 is 21.7 Å². The van der Waals surface area contributed by atoms with Crippen LogP contribution in [0.15, 0.2) is 88.8 Å². The molecule has 0 aliphatic carbocycles. The summed E-state index contributed by atoms with van der Waals surface area (Å²) in [6.45, 7) is 1.63. The lowest BCUT2D eigenvalue weighted by molar-refractivity contribution is -0.113. The Hall–Kier alpha value is -3.42. The SMILES string of the molecule is Cc1ccc(S(=O)(=O)N2C/C(=C/c3ccc(F)cc3)C(=O)/C(=C/c3ccc(F)cc3)C2)cc1. The van der Waals surface area contributed by atoms with Gasteiger partial charge < -0.3 is 0 Å². The molecule has 4 rings (SSSR count). The Morgan fingerprint density at radius 3 is 1.58 bits per heavy atom. The summed E-state index contributed by atoms with van der Waals surface area (Å²) in [4.78, 5) is 13.3. The molecule has 0 bridgehead atoms. The van der Waals surface area contributed by atoms with Gasteiger partial charge in [-0.15, -0.1) is 0 Å². The summed E-state index contributed by atoms with van der Waals surface area (Å²) in [5.41, 5.74) is 2.61. The predicted octanol–water partition coefficient (Wildman–Crippen LogP) is 5.01. The van der Waals surface area contributed by atoms with Crippen molar-refractivity contribution in [2.45, 2.75) is 11.8 Å². The van der Waals surface area contributed by atoms with Gasteiger partial charge in [-0.1, -0.05) is 42.0 Å². The number of ketones is 1. The Kier molecular flexibility index (Phi) is 6.35. The van der Waals surface area contributed by atoms with Crippen LogP contribution in [-0.2, 0) is 14.8 Å². The third-order valence-corrected chi connectivity index (χ3v) is 7.16. The van der Waals surface area contributed by atoms with Crippen molar-refractivity contribution in [1.29, 1.82) is 0 Å². The average molecular weight is 466 g/mol. The fourth-order valence-electron chi connectivity index (χ4n) is 3.56. The molecule has 1 fully saturated rings. The van der Waals surface area contributed by atoms with Gasteiger partial charge in [-0.05, 0) is 66.6 Å². The summed E-state index contributed by atoms with van der Waals surface area (Å²) in [7, 11) is -3.89. The highest BCUT2D eigenvalue weighted by atomic mass is 32.2. The topological polar surface area (TPSA) is 54.5 Å². The van der Waals surface area contributed by atoms with E-state index in [-0.39, 0.29) is 34.9 Å². The molecular formula is C26H21F2NO3S. The Labute approximate surface area is 191 Å². The van der Waals surface area contributed by atoms with Gasteiger partial charge in [0.05, 0.1) is 4.90 Å². The van der Waals surface area contributed by atoms with Gasteiger partial charge in [0.25, 0.3) is 0 Å². The third-order valence-electron chi connectivity index (χ3n) is 5.36. The van der Waals surface area contributed by atoms with E-state index in [0.29, 0.717) is 11.1 Å². The third kappa shape index (κ3) is 5.16. The van der Waals surface area contributed by atoms with Crippen molar-refractivity contribution in [3.8, 4) is 0 Å². The van der Waals surface area contributed by atoms with Crippen LogP contribution in [0.1, 0.15) is 16.7 Å². The quantitative estimate of drug-likeness (QED) is 0.509. The number of carbonyl (C=O) groups excluding carboxylic acids is 1. The van der Waals surface area contributed by atoms with Crippen LogP contribution in [0, 0.1) is 18.6 Å². The zero-order chi connectivity index (χ0) is 23.6. The highest BCUT2D eigenvalue weighted by molar-refractivity contribution is 7.89. The number of sulfonamides is 1. The number of hydrogen-bond donors (Lipinski definition) is 0. The first-order valence-corrected chi connectivity index (χ1v) is 11.7. The number of rotatable bonds is 4. The normalized spacial score (nSPS) is 17.6. The largest absolute Gasteiger partial charge is 0.289 e. The molecule has 4 nitrogen and oxygen atoms in total. The maximum Gasteiger partial charge on any atom is 0.243 e. The number of halogens is 2. The number of nitrogens with zero attached hydrogens (tertiary/aromatic N) is 1. The maximum atomic E-state index is 13.4. The smallest absolute Gasteiger partial charge is 0.243 e. The minimum absolute atomic E-state index is 0.118. The van der Waals surface area contributed by atoms with E-state index in [1.54, 1.807) is 24.3 Å². The second-order valence-corrected chi connectivity index (χ2v) is 9.80. The molecule has 0 spiro atoms. The predicted molar refractivity (Wildman–Crippen MR) is 124 cm³/mol. The van der Waals surface area contributed by atoms with Gasteiger partial charge in [0.1, 0.15) is 11.6 Å². The molecule has 1 saturated heterocycles. The first-order chi connectivity index (χ1) is 15.7. The monoisotopic (exact) mass is 465 g/mol. The van der Waals surface area contributed by atoms with E-state index in [2.05, 4.69) is 0 Å². The van der Waals surface area contributed by atoms with Gasteiger partial charge in [-0.25, -0.2) is 17.2 Å². The van der Waals surface area contributed by atoms with Gasteiger partial charge >= 0.3 is 0 Å². The molecule has 0 saturated carbocycles. The standard InChI is InChI=1S/C26H21F2NO3S/c1-18-2-12-25(13-3-18)33(31,32)29-16-21(14-19-4-8-23(27)9-5-19)26(30)22(17-29)15-20-6-10-24(28)11-7-20/h2-15H,16-17H2,1H3/b21-14-,22-15+. The van der Waals surface area contributed by atoms with E-state index in [4.69, 9.17) is 0 Å². The summed E-state index contributed by atoms with van der Waals surface area (Å²) in [5.74, 6) is -1.13. The van der Waals surface area contributed by atoms with Crippen LogP contribution < -0.4 is 0 Å². The fraction of sp³-hybridized carbons (Fsp3) is 0.115. The number of Topliss-reactive ketones (excluding diaryl/α,β-unsaturated/α-hetero) is 1. The Bertz CT molecular complexity index is 1270. The number of piperidine rings is 1. The first-order valence-electron chi connectivity index (χ1n) is 10.3. The fourth-order valence-corrected chi connectivity index (χ4v) is 4.95. The van der Waals surface area contributed by atoms with Gasteiger partial charge in [0.15, 0.2) is 5.78 Å². The van der Waals surface area contributed by atoms with E-state index in [1.807, 2.05) is 6.92 Å². The van der Waals surface area contributed by atoms with Crippen LogP contribution in [0.25, 0.3) is 12.2 Å². The summed E-state index contributed by atoms with van der Waals surface area (Å²) in [6, 6.07) is 17.7. The molecule has 33 heavy (non-hydrogen) atoms. The lowest BCUT2D eigenvalue weighted by atomic mass is 9.95. The van der Waals surface area contributed by atoms with Gasteiger partial charge in [-0.3, -0.25) is 4.79 Å². The van der Waals surface area contributed by atoms with E-state index in [0.717, 1.165) is 5.56 Å². The molecule has 0 aromatic heterocycles. The van der Waals surface area contributed by atoms with Crippen molar-refractivity contribution >= 4 is 28.0 Å². The minimum Gasteiger partial charge on any atom is -0.289 e. The lowest BCUT2D eigenvalue weighted by Crippen LogP contribution is -2.41. The molecule has 1 aliphatic rings. The van der Waals surface area contributed by atoms with Crippen LogP contribution in [0.5, 0.6) is 0 Å². The summed E-state index contributed by atoms with van der Waals surface area (Å²) in [5, 5.41) is 0. The number of hydrogen-bond acceptors (Lipinski definition) is 3. The number of carbonyl (C=O) groups is 1. The average Bonchev–Trinajstić information content (AvgIpc) is 2.79. The molecule has 3 aromatic rings. The molecule has 0 amide bonds. The van der Waals surface area contributed by atoms with Crippen LogP contribution in [0.2, 0.25) is 0 Å². The van der Waals surface area contributed by atoms with Crippen LogP contribution in [0.3, 0.4) is 0 Å². The molecule has 168 valence electrons. The van der Waals surface area contributed by atoms with E-state index in [1.165, 1.54) is 65.0 Å². The zero-order valence-electron chi connectivity index (χ0n) is 17.8. The van der Waals surface area contributed by atoms with Crippen molar-refractivity contribution < 1.29 is 22.0 Å². The summed E-state index contributed by atoms with van der Waals surface area (Å²) < 4.78 is 54.5. The van der Waals surface area contributed by atoms with Crippen LogP contribution >= 0.6 is 0 Å². The van der Waals surface area contributed by atoms with Crippen molar-refractivity contribution in [3.63, 3.8) is 0 Å². The summed E-state index contributed by atoms with van der Waals surface area (Å²) in [6.07, 6.45) is 3.13. The lowest BCUT2D eigenvalue weighted by Gasteiger charge is -2.29. The van der Waals surface area contributed by atoms with E-state index in [9.17, 15) is 22.0 Å². The van der Waals surface area contributed by atoms with Gasteiger partial charge in [-0.2, -0.15) is 4.31 Å². The highest BCUT2D eigenvalue weighted by Crippen LogP contribution is 2.27. The summed E-state index contributed by atoms with van der Waals surface area (Å²) >= 11 is 0. The molecular weight excluding hydrogens is 444 g/mol. The molecule has 0 N–H and O–H groups in total. The Balaban J connectivity index is 1.77. The number of aryl methyl sites for hydroxylation is 1. The van der Waals surface area contributed by atoms with Crippen molar-refractivity contribution in [3.05, 3.63) is 112 Å². The van der Waals surface area contributed by atoms with Crippen LogP contribution in [-0.4, -0.2) is 31.6 Å². The van der Waals surface area contributed by atoms with Crippen molar-refractivity contribution in [1.82, 2.24) is 4.31 Å². The molecule has 0 unspecified atom stereocenters. The molecule has 1 heterocycles. The molecule has 7 heteroatoms. The zero-order valence-corrected chi connectivity index (χ0v) is 18.6. The first kappa shape index (κ1) is 22.8. The molecule has 0 atom stereocenters. The maximum absolute atomic E-state index is 13.4. The Morgan fingerprint density at radius 2 is 1.15 bits per heavy atom. The van der Waals surface area contributed by atoms with Gasteiger partial charge in [0.2, 0.25) is 10.0 Å². The minimum atomic E-state index is -3.89. The van der Waals surface area contributed by atoms with Crippen molar-refractivity contribution in [2.75, 3.05) is 13.1 Å². The molecule has 1 aliphatic heterocycles. The Morgan fingerprint density at radius 1 is 0.727 bits per heavy atom.